The smallest absolute Gasteiger partial charge is 0.0343 e. The minimum absolute atomic E-state index is 0.354. The largest absolute Gasteiger partial charge is 0.264 e. The fourth-order valence-electron chi connectivity index (χ4n) is 7.15. The van der Waals surface area contributed by atoms with Gasteiger partial charge >= 0.3 is 0 Å². The molecule has 0 aliphatic heterocycles. The van der Waals surface area contributed by atoms with Crippen LogP contribution in [0.25, 0.3) is 5.57 Å². The number of alkyl halides is 1. The van der Waals surface area contributed by atoms with Gasteiger partial charge in [-0.3, -0.25) is 4.98 Å². The van der Waals surface area contributed by atoms with E-state index in [2.05, 4.69) is 71.9 Å². The van der Waals surface area contributed by atoms with E-state index in [1.807, 2.05) is 11.8 Å². The molecule has 5 rings (SSSR count). The Labute approximate surface area is 171 Å². The predicted octanol–water partition coefficient (Wildman–Crippen LogP) is 6.84. The van der Waals surface area contributed by atoms with Crippen molar-refractivity contribution in [3.8, 4) is 0 Å². The molecule has 0 aromatic carbocycles. The van der Waals surface area contributed by atoms with Crippen LogP contribution in [-0.4, -0.2) is 8.91 Å². The lowest BCUT2D eigenvalue weighted by molar-refractivity contribution is -0.00896. The molecule has 1 aromatic rings. The fourth-order valence-corrected chi connectivity index (χ4v) is 7.94. The monoisotopic (exact) mass is 459 g/mol. The van der Waals surface area contributed by atoms with Gasteiger partial charge in [-0.1, -0.05) is 60.2 Å². The molecule has 26 heavy (non-hydrogen) atoms. The summed E-state index contributed by atoms with van der Waals surface area (Å²) in [7, 11) is 0. The minimum Gasteiger partial charge on any atom is -0.264 e. The van der Waals surface area contributed by atoms with E-state index in [1.54, 1.807) is 5.57 Å². The van der Waals surface area contributed by atoms with Gasteiger partial charge in [-0.05, 0) is 90.7 Å². The van der Waals surface area contributed by atoms with E-state index in [1.165, 1.54) is 50.5 Å². The quantitative estimate of drug-likeness (QED) is 0.255. The summed E-state index contributed by atoms with van der Waals surface area (Å²) < 4.78 is 0.864. The predicted molar refractivity (Wildman–Crippen MR) is 117 cm³/mol. The SMILES string of the molecule is C[C@]12CC[C@@H](I)CC1=CC[C@@H]1[C@@H]2CC[C@]2(C)C(c3cccnc3)=CC[C@@H]12. The number of fused-ring (bicyclic) bond motifs is 5. The molecule has 2 fully saturated rings. The molecule has 6 atom stereocenters. The van der Waals surface area contributed by atoms with Gasteiger partial charge in [-0.15, -0.1) is 0 Å². The third-order valence-corrected chi connectivity index (χ3v) is 9.66. The van der Waals surface area contributed by atoms with Crippen LogP contribution in [-0.2, 0) is 0 Å². The van der Waals surface area contributed by atoms with Crippen molar-refractivity contribution in [2.24, 2.45) is 28.6 Å². The fraction of sp³-hybridized carbons (Fsp3) is 0.625. The van der Waals surface area contributed by atoms with Crippen molar-refractivity contribution in [3.63, 3.8) is 0 Å². The van der Waals surface area contributed by atoms with Crippen LogP contribution in [0.3, 0.4) is 0 Å². The maximum atomic E-state index is 4.40. The number of rotatable bonds is 1. The van der Waals surface area contributed by atoms with Crippen LogP contribution in [0.15, 0.2) is 42.3 Å². The van der Waals surface area contributed by atoms with Crippen LogP contribution in [0.4, 0.5) is 0 Å². The van der Waals surface area contributed by atoms with Crippen molar-refractivity contribution in [3.05, 3.63) is 47.8 Å². The summed E-state index contributed by atoms with van der Waals surface area (Å²) in [5, 5.41) is 0. The summed E-state index contributed by atoms with van der Waals surface area (Å²) in [5.41, 5.74) is 5.60. The topological polar surface area (TPSA) is 12.9 Å². The highest BCUT2D eigenvalue weighted by atomic mass is 127. The van der Waals surface area contributed by atoms with Crippen LogP contribution in [0, 0.1) is 28.6 Å². The van der Waals surface area contributed by atoms with Crippen molar-refractivity contribution < 1.29 is 0 Å². The normalized spacial score (nSPS) is 44.4. The van der Waals surface area contributed by atoms with E-state index in [0.29, 0.717) is 10.8 Å². The molecular weight excluding hydrogens is 429 g/mol. The lowest BCUT2D eigenvalue weighted by atomic mass is 9.47. The summed E-state index contributed by atoms with van der Waals surface area (Å²) in [6.07, 6.45) is 18.8. The maximum Gasteiger partial charge on any atom is 0.0343 e. The first-order valence-corrected chi connectivity index (χ1v) is 11.7. The highest BCUT2D eigenvalue weighted by Crippen LogP contribution is 2.66. The zero-order valence-corrected chi connectivity index (χ0v) is 18.2. The number of pyridine rings is 1. The molecule has 138 valence electrons. The molecule has 0 N–H and O–H groups in total. The average Bonchev–Trinajstić information content (AvgIpc) is 3.00. The molecule has 1 heterocycles. The Morgan fingerprint density at radius 1 is 1.04 bits per heavy atom. The van der Waals surface area contributed by atoms with E-state index in [-0.39, 0.29) is 0 Å². The van der Waals surface area contributed by atoms with Gasteiger partial charge in [0.1, 0.15) is 0 Å². The maximum absolute atomic E-state index is 4.40. The highest BCUT2D eigenvalue weighted by Gasteiger charge is 2.56. The first-order chi connectivity index (χ1) is 12.5. The molecule has 0 saturated heterocycles. The van der Waals surface area contributed by atoms with Crippen molar-refractivity contribution >= 4 is 28.2 Å². The number of allylic oxidation sites excluding steroid dienone is 4. The van der Waals surface area contributed by atoms with Crippen molar-refractivity contribution in [2.75, 3.05) is 0 Å². The van der Waals surface area contributed by atoms with Gasteiger partial charge < -0.3 is 0 Å². The van der Waals surface area contributed by atoms with E-state index >= 15 is 0 Å². The van der Waals surface area contributed by atoms with E-state index in [0.717, 1.165) is 21.7 Å². The van der Waals surface area contributed by atoms with E-state index < -0.39 is 0 Å². The van der Waals surface area contributed by atoms with E-state index in [4.69, 9.17) is 0 Å². The zero-order valence-electron chi connectivity index (χ0n) is 16.0. The molecule has 2 heteroatoms. The number of hydrogen-bond donors (Lipinski definition) is 0. The summed E-state index contributed by atoms with van der Waals surface area (Å²) in [5.74, 6) is 2.60. The summed E-state index contributed by atoms with van der Waals surface area (Å²) >= 11 is 2.68. The lowest BCUT2D eigenvalue weighted by Crippen LogP contribution is -2.49. The Hall–Kier alpha value is -0.640. The third-order valence-electron chi connectivity index (χ3n) is 8.60. The van der Waals surface area contributed by atoms with Crippen molar-refractivity contribution in [1.29, 1.82) is 0 Å². The number of hydrogen-bond acceptors (Lipinski definition) is 1. The Balaban J connectivity index is 1.48. The molecule has 4 aliphatic rings. The molecule has 4 aliphatic carbocycles. The molecule has 1 nitrogen and oxygen atoms in total. The molecule has 1 aromatic heterocycles. The first kappa shape index (κ1) is 17.5. The van der Waals surface area contributed by atoms with Crippen molar-refractivity contribution in [1.82, 2.24) is 4.98 Å². The molecule has 2 saturated carbocycles. The van der Waals surface area contributed by atoms with Crippen LogP contribution in [0.2, 0.25) is 0 Å². The number of halogens is 1. The lowest BCUT2D eigenvalue weighted by Gasteiger charge is -2.57. The zero-order chi connectivity index (χ0) is 17.9. The minimum atomic E-state index is 0.354. The molecule has 0 spiro atoms. The van der Waals surface area contributed by atoms with Gasteiger partial charge in [0.25, 0.3) is 0 Å². The van der Waals surface area contributed by atoms with Crippen LogP contribution in [0.1, 0.15) is 64.4 Å². The second-order valence-electron chi connectivity index (χ2n) is 9.65. The third kappa shape index (κ3) is 2.43. The summed E-state index contributed by atoms with van der Waals surface area (Å²) in [4.78, 5) is 4.40. The van der Waals surface area contributed by atoms with Gasteiger partial charge in [0, 0.05) is 16.3 Å². The van der Waals surface area contributed by atoms with Gasteiger partial charge in [0.2, 0.25) is 0 Å². The second kappa shape index (κ2) is 6.18. The Kier molecular flexibility index (Phi) is 4.15. The van der Waals surface area contributed by atoms with Gasteiger partial charge in [-0.25, -0.2) is 0 Å². The summed E-state index contributed by atoms with van der Waals surface area (Å²) in [6.45, 7) is 5.17. The Morgan fingerprint density at radius 3 is 2.69 bits per heavy atom. The number of nitrogens with zero attached hydrogens (tertiary/aromatic N) is 1. The molecular formula is C24H30IN. The van der Waals surface area contributed by atoms with Gasteiger partial charge in [0.05, 0.1) is 0 Å². The van der Waals surface area contributed by atoms with Crippen LogP contribution >= 0.6 is 22.6 Å². The Bertz CT molecular complexity index is 766. The van der Waals surface area contributed by atoms with Gasteiger partial charge in [-0.2, -0.15) is 0 Å². The highest BCUT2D eigenvalue weighted by molar-refractivity contribution is 14.1. The average molecular weight is 459 g/mol. The number of aromatic nitrogens is 1. The van der Waals surface area contributed by atoms with Crippen LogP contribution in [0.5, 0.6) is 0 Å². The van der Waals surface area contributed by atoms with Crippen LogP contribution < -0.4 is 0 Å². The second-order valence-corrected chi connectivity index (χ2v) is 11.4. The first-order valence-electron chi connectivity index (χ1n) is 10.5. The standard InChI is InChI=1S/C24H30IN/c1-23-11-9-18(25)14-17(23)5-6-19-21-8-7-20(16-4-3-13-26-15-16)24(21,2)12-10-22(19)23/h3-5,7,13,15,18-19,21-22H,6,8-12,14H2,1-2H3/t18-,19+,21+,22+,23+,24-/m1/s1. The Morgan fingerprint density at radius 2 is 1.88 bits per heavy atom. The molecule has 0 radical (unpaired) electrons. The molecule has 0 amide bonds. The summed E-state index contributed by atoms with van der Waals surface area (Å²) in [6, 6.07) is 4.36. The molecule has 0 unspecified atom stereocenters. The van der Waals surface area contributed by atoms with Gasteiger partial charge in [0.15, 0.2) is 0 Å². The van der Waals surface area contributed by atoms with Crippen molar-refractivity contribution in [2.45, 2.75) is 62.7 Å². The van der Waals surface area contributed by atoms with E-state index in [9.17, 15) is 0 Å². The molecule has 0 bridgehead atoms.